The Morgan fingerprint density at radius 3 is 2.27 bits per heavy atom. The molecule has 4 nitrogen and oxygen atoms in total. The smallest absolute Gasteiger partial charge is 0.249 e. The summed E-state index contributed by atoms with van der Waals surface area (Å²) in [5.74, 6) is 1.11. The van der Waals surface area contributed by atoms with Gasteiger partial charge in [-0.15, -0.1) is 0 Å². The Labute approximate surface area is 219 Å². The quantitative estimate of drug-likeness (QED) is 0.250. The number of halogens is 1. The second-order valence-corrected chi connectivity index (χ2v) is 9.35. The van der Waals surface area contributed by atoms with Crippen LogP contribution in [-0.4, -0.2) is 10.5 Å². The summed E-state index contributed by atoms with van der Waals surface area (Å²) in [6, 6.07) is 37.6. The van der Waals surface area contributed by atoms with E-state index in [1.807, 2.05) is 84.9 Å². The number of amides is 1. The van der Waals surface area contributed by atoms with Crippen LogP contribution in [0.3, 0.4) is 0 Å². The van der Waals surface area contributed by atoms with Gasteiger partial charge in [-0.2, -0.15) is 0 Å². The first-order valence-corrected chi connectivity index (χ1v) is 12.4. The van der Waals surface area contributed by atoms with E-state index in [0.29, 0.717) is 17.1 Å². The van der Waals surface area contributed by atoms with Crippen LogP contribution in [0.25, 0.3) is 32.9 Å². The van der Waals surface area contributed by atoms with Gasteiger partial charge >= 0.3 is 0 Å². The summed E-state index contributed by atoms with van der Waals surface area (Å²) in [6.45, 7) is 0.551. The monoisotopic (exact) mass is 502 g/mol. The zero-order chi connectivity index (χ0) is 25.4. The summed E-state index contributed by atoms with van der Waals surface area (Å²) in [4.78, 5) is 12.4. The zero-order valence-corrected chi connectivity index (χ0v) is 20.7. The molecule has 180 valence electrons. The highest BCUT2D eigenvalue weighted by Gasteiger charge is 2.18. The van der Waals surface area contributed by atoms with E-state index in [0.717, 1.165) is 50.0 Å². The van der Waals surface area contributed by atoms with Gasteiger partial charge in [0.1, 0.15) is 11.5 Å². The van der Waals surface area contributed by atoms with Gasteiger partial charge in [0.15, 0.2) is 0 Å². The third kappa shape index (κ3) is 4.32. The molecule has 1 aromatic heterocycles. The zero-order valence-electron chi connectivity index (χ0n) is 19.9. The minimum Gasteiger partial charge on any atom is -0.457 e. The number of ether oxygens (including phenoxy) is 1. The van der Waals surface area contributed by atoms with Gasteiger partial charge < -0.3 is 15.0 Å². The summed E-state index contributed by atoms with van der Waals surface area (Å²) in [6.07, 6.45) is 0. The van der Waals surface area contributed by atoms with Crippen molar-refractivity contribution in [3.8, 4) is 22.6 Å². The van der Waals surface area contributed by atoms with E-state index in [9.17, 15) is 4.79 Å². The third-order valence-electron chi connectivity index (χ3n) is 6.61. The minimum atomic E-state index is -0.445. The number of benzene rings is 5. The molecule has 0 atom stereocenters. The molecule has 0 unspecified atom stereocenters. The molecular weight excluding hydrogens is 480 g/mol. The molecule has 0 spiro atoms. The number of rotatable bonds is 6. The number of aromatic nitrogens is 1. The molecule has 0 aliphatic rings. The maximum Gasteiger partial charge on any atom is 0.249 e. The Morgan fingerprint density at radius 2 is 1.49 bits per heavy atom. The van der Waals surface area contributed by atoms with Gasteiger partial charge in [-0.05, 0) is 59.7 Å². The lowest BCUT2D eigenvalue weighted by Crippen LogP contribution is -2.11. The van der Waals surface area contributed by atoms with E-state index < -0.39 is 5.91 Å². The van der Waals surface area contributed by atoms with Crippen LogP contribution in [0.15, 0.2) is 115 Å². The molecule has 0 saturated heterocycles. The van der Waals surface area contributed by atoms with E-state index in [2.05, 4.69) is 28.8 Å². The summed E-state index contributed by atoms with van der Waals surface area (Å²) >= 11 is 6.12. The minimum absolute atomic E-state index is 0.445. The molecule has 0 bridgehead atoms. The van der Waals surface area contributed by atoms with Crippen molar-refractivity contribution in [3.63, 3.8) is 0 Å². The molecule has 0 aliphatic heterocycles. The number of carbonyl (C=O) groups is 1. The highest BCUT2D eigenvalue weighted by atomic mass is 35.5. The van der Waals surface area contributed by atoms with Crippen LogP contribution in [-0.2, 0) is 6.54 Å². The fourth-order valence-corrected chi connectivity index (χ4v) is 4.99. The van der Waals surface area contributed by atoms with E-state index in [4.69, 9.17) is 22.1 Å². The fraction of sp³-hybridized carbons (Fsp3) is 0.0312. The molecule has 0 radical (unpaired) electrons. The summed E-state index contributed by atoms with van der Waals surface area (Å²) in [5, 5.41) is 2.53. The van der Waals surface area contributed by atoms with Crippen LogP contribution in [0.1, 0.15) is 15.9 Å². The summed E-state index contributed by atoms with van der Waals surface area (Å²) < 4.78 is 8.47. The normalized spacial score (nSPS) is 11.2. The molecule has 6 rings (SSSR count). The largest absolute Gasteiger partial charge is 0.457 e. The van der Waals surface area contributed by atoms with Crippen molar-refractivity contribution in [3.05, 3.63) is 131 Å². The van der Waals surface area contributed by atoms with Crippen molar-refractivity contribution in [1.29, 1.82) is 0 Å². The van der Waals surface area contributed by atoms with Crippen molar-refractivity contribution in [2.24, 2.45) is 5.73 Å². The van der Waals surface area contributed by atoms with Crippen LogP contribution in [0, 0.1) is 0 Å². The van der Waals surface area contributed by atoms with Crippen molar-refractivity contribution in [2.75, 3.05) is 0 Å². The maximum atomic E-state index is 12.4. The second kappa shape index (κ2) is 9.49. The standard InChI is InChI=1S/C32H23ClN2O2/c33-24-16-13-21(14-17-24)22-15-18-26-29(19-22)35(28-11-6-10-27(31(26)28)32(34)36)20-23-7-4-5-12-30(23)37-25-8-2-1-3-9-25/h1-19H,20H2,(H2,34,36). The molecular formula is C32H23ClN2O2. The molecule has 5 heteroatoms. The van der Waals surface area contributed by atoms with Gasteiger partial charge in [-0.25, -0.2) is 0 Å². The third-order valence-corrected chi connectivity index (χ3v) is 6.86. The lowest BCUT2D eigenvalue weighted by Gasteiger charge is -2.14. The number of nitrogens with two attached hydrogens (primary N) is 1. The molecule has 37 heavy (non-hydrogen) atoms. The predicted molar refractivity (Wildman–Crippen MR) is 150 cm³/mol. The lowest BCUT2D eigenvalue weighted by atomic mass is 10.0. The number of hydrogen-bond donors (Lipinski definition) is 1. The SMILES string of the molecule is NC(=O)c1cccc2c1c1ccc(-c3ccc(Cl)cc3)cc1n2Cc1ccccc1Oc1ccccc1. The Morgan fingerprint density at radius 1 is 0.757 bits per heavy atom. The Bertz CT molecular complexity index is 1760. The van der Waals surface area contributed by atoms with E-state index in [1.54, 1.807) is 6.07 Å². The first-order valence-electron chi connectivity index (χ1n) is 12.0. The van der Waals surface area contributed by atoms with Gasteiger partial charge in [-0.3, -0.25) is 4.79 Å². The van der Waals surface area contributed by atoms with Gasteiger partial charge in [-0.1, -0.05) is 78.3 Å². The molecule has 0 fully saturated rings. The van der Waals surface area contributed by atoms with E-state index >= 15 is 0 Å². The second-order valence-electron chi connectivity index (χ2n) is 8.91. The number of fused-ring (bicyclic) bond motifs is 3. The topological polar surface area (TPSA) is 57.2 Å². The van der Waals surface area contributed by atoms with Crippen LogP contribution in [0.2, 0.25) is 5.02 Å². The number of carbonyl (C=O) groups excluding carboxylic acids is 1. The van der Waals surface area contributed by atoms with Crippen LogP contribution < -0.4 is 10.5 Å². The van der Waals surface area contributed by atoms with Crippen LogP contribution in [0.4, 0.5) is 0 Å². The average molecular weight is 503 g/mol. The summed E-state index contributed by atoms with van der Waals surface area (Å²) in [7, 11) is 0. The van der Waals surface area contributed by atoms with Gasteiger partial charge in [0.25, 0.3) is 0 Å². The fourth-order valence-electron chi connectivity index (χ4n) is 4.86. The molecule has 0 saturated carbocycles. The van der Waals surface area contributed by atoms with Crippen LogP contribution >= 0.6 is 11.6 Å². The maximum absolute atomic E-state index is 12.4. The summed E-state index contributed by atoms with van der Waals surface area (Å²) in [5.41, 5.74) is 11.4. The Kier molecular flexibility index (Phi) is 5.87. The Balaban J connectivity index is 1.55. The molecule has 1 amide bonds. The van der Waals surface area contributed by atoms with Crippen molar-refractivity contribution in [1.82, 2.24) is 4.57 Å². The van der Waals surface area contributed by atoms with Crippen molar-refractivity contribution in [2.45, 2.75) is 6.54 Å². The number of nitrogens with zero attached hydrogens (tertiary/aromatic N) is 1. The molecule has 2 N–H and O–H groups in total. The lowest BCUT2D eigenvalue weighted by molar-refractivity contribution is 0.100. The number of para-hydroxylation sites is 2. The van der Waals surface area contributed by atoms with Crippen LogP contribution in [0.5, 0.6) is 11.5 Å². The first-order chi connectivity index (χ1) is 18.1. The first kappa shape index (κ1) is 22.9. The average Bonchev–Trinajstić information content (AvgIpc) is 3.23. The van der Waals surface area contributed by atoms with Crippen molar-refractivity contribution < 1.29 is 9.53 Å². The van der Waals surface area contributed by atoms with Crippen molar-refractivity contribution >= 4 is 39.3 Å². The van der Waals surface area contributed by atoms with E-state index in [-0.39, 0.29) is 0 Å². The highest BCUT2D eigenvalue weighted by Crippen LogP contribution is 2.36. The predicted octanol–water partition coefficient (Wildman–Crippen LogP) is 8.05. The molecule has 0 aliphatic carbocycles. The molecule has 5 aromatic carbocycles. The highest BCUT2D eigenvalue weighted by molar-refractivity contribution is 6.30. The Hall–Kier alpha value is -4.54. The number of primary amides is 1. The van der Waals surface area contributed by atoms with E-state index in [1.165, 1.54) is 0 Å². The van der Waals surface area contributed by atoms with Gasteiger partial charge in [0.2, 0.25) is 5.91 Å². The molecule has 6 aromatic rings. The van der Waals surface area contributed by atoms with Gasteiger partial charge in [0.05, 0.1) is 17.6 Å². The number of hydrogen-bond acceptors (Lipinski definition) is 2. The van der Waals surface area contributed by atoms with Gasteiger partial charge in [0, 0.05) is 26.9 Å². The molecule has 1 heterocycles.